The summed E-state index contributed by atoms with van der Waals surface area (Å²) in [6, 6.07) is 0.691. The number of esters is 1. The van der Waals surface area contributed by atoms with Crippen LogP contribution in [0.4, 0.5) is 0 Å². The maximum absolute atomic E-state index is 10.9. The predicted octanol–water partition coefficient (Wildman–Crippen LogP) is 1.55. The lowest BCUT2D eigenvalue weighted by Crippen LogP contribution is -2.24. The van der Waals surface area contributed by atoms with Gasteiger partial charge < -0.3 is 9.64 Å². The summed E-state index contributed by atoms with van der Waals surface area (Å²) in [5.74, 6) is 0.615. The van der Waals surface area contributed by atoms with Gasteiger partial charge in [0.2, 0.25) is 0 Å². The van der Waals surface area contributed by atoms with E-state index >= 15 is 0 Å². The van der Waals surface area contributed by atoms with Gasteiger partial charge >= 0.3 is 5.97 Å². The number of hydrogen-bond donors (Lipinski definition) is 0. The highest BCUT2D eigenvalue weighted by Crippen LogP contribution is 2.37. The van der Waals surface area contributed by atoms with Crippen molar-refractivity contribution in [1.82, 2.24) is 4.90 Å². The van der Waals surface area contributed by atoms with E-state index < -0.39 is 0 Å². The first kappa shape index (κ1) is 9.56. The molecule has 0 amide bonds. The van der Waals surface area contributed by atoms with Crippen LogP contribution in [0.3, 0.4) is 0 Å². The summed E-state index contributed by atoms with van der Waals surface area (Å²) >= 11 is 0. The van der Waals surface area contributed by atoms with Crippen molar-refractivity contribution >= 4 is 5.97 Å². The van der Waals surface area contributed by atoms with Crippen LogP contribution in [0, 0.1) is 5.92 Å². The van der Waals surface area contributed by atoms with Crippen molar-refractivity contribution in [2.45, 2.75) is 31.7 Å². The Balaban J connectivity index is 1.92. The molecule has 1 aliphatic heterocycles. The Bertz CT molecular complexity index is 250. The summed E-state index contributed by atoms with van der Waals surface area (Å²) in [6.45, 7) is 1.10. The van der Waals surface area contributed by atoms with Gasteiger partial charge in [0.25, 0.3) is 0 Å². The van der Waals surface area contributed by atoms with Crippen LogP contribution in [0.15, 0.2) is 12.3 Å². The third-order valence-electron chi connectivity index (χ3n) is 3.41. The molecule has 2 atom stereocenters. The van der Waals surface area contributed by atoms with Crippen LogP contribution in [0.25, 0.3) is 0 Å². The van der Waals surface area contributed by atoms with Crippen molar-refractivity contribution < 1.29 is 9.53 Å². The highest BCUT2D eigenvalue weighted by atomic mass is 16.5. The minimum atomic E-state index is -0.258. The summed E-state index contributed by atoms with van der Waals surface area (Å²) in [5.41, 5.74) is 0. The van der Waals surface area contributed by atoms with Gasteiger partial charge in [0, 0.05) is 24.9 Å². The quantitative estimate of drug-likeness (QED) is 0.494. The van der Waals surface area contributed by atoms with Crippen LogP contribution in [0.5, 0.6) is 0 Å². The lowest BCUT2D eigenvalue weighted by Gasteiger charge is -2.21. The molecule has 0 spiro atoms. The number of ether oxygens (including phenoxy) is 1. The summed E-state index contributed by atoms with van der Waals surface area (Å²) in [5, 5.41) is 0. The van der Waals surface area contributed by atoms with Crippen molar-refractivity contribution in [3.8, 4) is 0 Å². The number of likely N-dealkylation sites (tertiary alicyclic amines) is 1. The van der Waals surface area contributed by atoms with Gasteiger partial charge in [-0.05, 0) is 25.2 Å². The minimum Gasteiger partial charge on any atom is -0.466 e. The molecular weight excluding hydrogens is 178 g/mol. The van der Waals surface area contributed by atoms with E-state index in [-0.39, 0.29) is 5.97 Å². The molecule has 78 valence electrons. The summed E-state index contributed by atoms with van der Waals surface area (Å²) in [4.78, 5) is 13.2. The summed E-state index contributed by atoms with van der Waals surface area (Å²) in [7, 11) is 1.41. The third kappa shape index (κ3) is 1.76. The standard InChI is InChI=1S/C11H17NO2/c1-14-11(13)6-8-12-7-5-9-3-2-4-10(9)12/h6,8-10H,2-5,7H2,1H3/b8-6+. The maximum Gasteiger partial charge on any atom is 0.331 e. The molecule has 3 heteroatoms. The van der Waals surface area contributed by atoms with Crippen molar-refractivity contribution in [3.05, 3.63) is 12.3 Å². The monoisotopic (exact) mass is 195 g/mol. The topological polar surface area (TPSA) is 29.5 Å². The van der Waals surface area contributed by atoms with Gasteiger partial charge in [-0.3, -0.25) is 0 Å². The smallest absolute Gasteiger partial charge is 0.331 e. The molecule has 2 fully saturated rings. The number of fused-ring (bicyclic) bond motifs is 1. The average molecular weight is 195 g/mol. The Morgan fingerprint density at radius 1 is 1.43 bits per heavy atom. The van der Waals surface area contributed by atoms with E-state index in [4.69, 9.17) is 0 Å². The second-order valence-electron chi connectivity index (χ2n) is 4.12. The molecule has 0 aromatic carbocycles. The van der Waals surface area contributed by atoms with Crippen molar-refractivity contribution in [1.29, 1.82) is 0 Å². The van der Waals surface area contributed by atoms with E-state index in [0.29, 0.717) is 6.04 Å². The zero-order valence-electron chi connectivity index (χ0n) is 8.61. The van der Waals surface area contributed by atoms with E-state index in [2.05, 4.69) is 9.64 Å². The molecule has 2 unspecified atom stereocenters. The molecule has 0 bridgehead atoms. The molecule has 1 heterocycles. The average Bonchev–Trinajstić information content (AvgIpc) is 2.76. The highest BCUT2D eigenvalue weighted by molar-refractivity contribution is 5.81. The molecule has 2 rings (SSSR count). The molecule has 0 aromatic heterocycles. The van der Waals surface area contributed by atoms with Crippen LogP contribution >= 0.6 is 0 Å². The Hall–Kier alpha value is -0.990. The fraction of sp³-hybridized carbons (Fsp3) is 0.727. The van der Waals surface area contributed by atoms with E-state index in [0.717, 1.165) is 12.5 Å². The first-order chi connectivity index (χ1) is 6.81. The van der Waals surface area contributed by atoms with Crippen molar-refractivity contribution in [2.24, 2.45) is 5.92 Å². The lowest BCUT2D eigenvalue weighted by molar-refractivity contribution is -0.134. The summed E-state index contributed by atoms with van der Waals surface area (Å²) in [6.07, 6.45) is 8.72. The van der Waals surface area contributed by atoms with Crippen LogP contribution in [0.2, 0.25) is 0 Å². The molecule has 1 saturated heterocycles. The van der Waals surface area contributed by atoms with E-state index in [1.54, 1.807) is 0 Å². The van der Waals surface area contributed by atoms with Crippen LogP contribution < -0.4 is 0 Å². The molecule has 0 aromatic rings. The van der Waals surface area contributed by atoms with Gasteiger partial charge in [-0.2, -0.15) is 0 Å². The molecule has 0 radical (unpaired) electrons. The van der Waals surface area contributed by atoms with Gasteiger partial charge in [0.1, 0.15) is 0 Å². The second-order valence-corrected chi connectivity index (χ2v) is 4.12. The predicted molar refractivity (Wildman–Crippen MR) is 53.6 cm³/mol. The zero-order chi connectivity index (χ0) is 9.97. The Morgan fingerprint density at radius 2 is 2.29 bits per heavy atom. The van der Waals surface area contributed by atoms with Crippen LogP contribution in [-0.4, -0.2) is 30.6 Å². The Kier molecular flexibility index (Phi) is 2.75. The molecule has 3 nitrogen and oxygen atoms in total. The molecule has 1 saturated carbocycles. The number of nitrogens with zero attached hydrogens (tertiary/aromatic N) is 1. The Morgan fingerprint density at radius 3 is 3.07 bits per heavy atom. The van der Waals surface area contributed by atoms with Gasteiger partial charge in [0.05, 0.1) is 7.11 Å². The number of hydrogen-bond acceptors (Lipinski definition) is 3. The van der Waals surface area contributed by atoms with Crippen molar-refractivity contribution in [3.63, 3.8) is 0 Å². The first-order valence-electron chi connectivity index (χ1n) is 5.33. The molecule has 0 N–H and O–H groups in total. The SMILES string of the molecule is COC(=O)/C=C/N1CCC2CCCC21. The van der Waals surface area contributed by atoms with E-state index in [1.807, 2.05) is 6.20 Å². The Labute approximate surface area is 84.7 Å². The van der Waals surface area contributed by atoms with Gasteiger partial charge in [0.15, 0.2) is 0 Å². The second kappa shape index (κ2) is 4.03. The molecule has 1 aliphatic carbocycles. The number of carbonyl (C=O) groups is 1. The molecule has 2 aliphatic rings. The molecule has 14 heavy (non-hydrogen) atoms. The summed E-state index contributed by atoms with van der Waals surface area (Å²) < 4.78 is 4.57. The largest absolute Gasteiger partial charge is 0.466 e. The highest BCUT2D eigenvalue weighted by Gasteiger charge is 2.35. The van der Waals surface area contributed by atoms with Crippen LogP contribution in [-0.2, 0) is 9.53 Å². The van der Waals surface area contributed by atoms with Gasteiger partial charge in [-0.25, -0.2) is 4.79 Å². The third-order valence-corrected chi connectivity index (χ3v) is 3.41. The first-order valence-corrected chi connectivity index (χ1v) is 5.33. The van der Waals surface area contributed by atoms with E-state index in [9.17, 15) is 4.79 Å². The van der Waals surface area contributed by atoms with E-state index in [1.165, 1.54) is 38.9 Å². The fourth-order valence-corrected chi connectivity index (χ4v) is 2.68. The van der Waals surface area contributed by atoms with Gasteiger partial charge in [-0.1, -0.05) is 6.42 Å². The van der Waals surface area contributed by atoms with Crippen molar-refractivity contribution in [2.75, 3.05) is 13.7 Å². The zero-order valence-corrected chi connectivity index (χ0v) is 8.61. The fourth-order valence-electron chi connectivity index (χ4n) is 2.68. The molecular formula is C11H17NO2. The van der Waals surface area contributed by atoms with Gasteiger partial charge in [-0.15, -0.1) is 0 Å². The lowest BCUT2D eigenvalue weighted by atomic mass is 10.1. The maximum atomic E-state index is 10.9. The van der Waals surface area contributed by atoms with Crippen LogP contribution in [0.1, 0.15) is 25.7 Å². The normalized spacial score (nSPS) is 31.1. The number of carbonyl (C=O) groups excluding carboxylic acids is 1. The minimum absolute atomic E-state index is 0.258. The number of methoxy groups -OCH3 is 1. The number of rotatable bonds is 2.